The number of aliphatic hydroxyl groups is 1. The van der Waals surface area contributed by atoms with Gasteiger partial charge < -0.3 is 15.5 Å². The topological polar surface area (TPSA) is 120 Å². The first kappa shape index (κ1) is 34.2. The number of halogens is 3. The molecule has 1 heterocycles. The van der Waals surface area contributed by atoms with E-state index in [1.54, 1.807) is 18.3 Å². The Labute approximate surface area is 250 Å². The van der Waals surface area contributed by atoms with Crippen molar-refractivity contribution >= 4 is 16.0 Å². The molecule has 1 atom stereocenters. The van der Waals surface area contributed by atoms with Crippen LogP contribution in [0.4, 0.5) is 13.2 Å². The van der Waals surface area contributed by atoms with Crippen LogP contribution in [0.5, 0.6) is 0 Å². The van der Waals surface area contributed by atoms with Crippen LogP contribution < -0.4 is 5.32 Å². The first-order valence-corrected chi connectivity index (χ1v) is 15.3. The van der Waals surface area contributed by atoms with Crippen molar-refractivity contribution in [2.75, 3.05) is 20.1 Å². The number of rotatable bonds is 15. The van der Waals surface area contributed by atoms with E-state index in [-0.39, 0.29) is 37.0 Å². The Balaban J connectivity index is 1.69. The molecule has 0 radical (unpaired) electrons. The monoisotopic (exact) mass is 621 g/mol. The molecule has 0 aliphatic rings. The summed E-state index contributed by atoms with van der Waals surface area (Å²) >= 11 is 0. The zero-order valence-corrected chi connectivity index (χ0v) is 25.3. The molecule has 2 aromatic carbocycles. The van der Waals surface area contributed by atoms with Crippen LogP contribution in [-0.4, -0.2) is 65.7 Å². The van der Waals surface area contributed by atoms with Crippen LogP contribution in [0.15, 0.2) is 71.9 Å². The fourth-order valence-corrected chi connectivity index (χ4v) is 5.88. The maximum Gasteiger partial charge on any atom is 0.416 e. The largest absolute Gasteiger partial charge is 0.481 e. The van der Waals surface area contributed by atoms with Gasteiger partial charge in [0.25, 0.3) is 0 Å². The summed E-state index contributed by atoms with van der Waals surface area (Å²) in [5.74, 6) is -0.970. The number of carbonyl (C=O) groups is 1. The number of pyridine rings is 1. The molecule has 1 unspecified atom stereocenters. The Kier molecular flexibility index (Phi) is 11.5. The highest BCUT2D eigenvalue weighted by Gasteiger charge is 2.34. The molecule has 234 valence electrons. The second-order valence-corrected chi connectivity index (χ2v) is 13.3. The van der Waals surface area contributed by atoms with E-state index < -0.39 is 38.7 Å². The third-order valence-corrected chi connectivity index (χ3v) is 8.93. The minimum Gasteiger partial charge on any atom is -0.481 e. The minimum absolute atomic E-state index is 0.0434. The van der Waals surface area contributed by atoms with E-state index in [2.05, 4.69) is 10.3 Å². The molecule has 0 saturated heterocycles. The average molecular weight is 622 g/mol. The van der Waals surface area contributed by atoms with Gasteiger partial charge in [0.1, 0.15) is 0 Å². The Hall–Kier alpha value is -3.32. The summed E-state index contributed by atoms with van der Waals surface area (Å²) in [6.07, 6.45) is 0.282. The molecule has 12 heteroatoms. The number of carboxylic acid groups (broad SMARTS) is 1. The Morgan fingerprint density at radius 2 is 1.72 bits per heavy atom. The van der Waals surface area contributed by atoms with Crippen molar-refractivity contribution in [3.8, 4) is 11.1 Å². The quantitative estimate of drug-likeness (QED) is 0.215. The van der Waals surface area contributed by atoms with Crippen molar-refractivity contribution in [1.82, 2.24) is 14.6 Å². The number of hydrogen-bond acceptors (Lipinski definition) is 6. The fraction of sp³-hybridized carbons (Fsp3) is 0.419. The van der Waals surface area contributed by atoms with Crippen molar-refractivity contribution in [3.05, 3.63) is 83.7 Å². The van der Waals surface area contributed by atoms with Gasteiger partial charge in [-0.25, -0.2) is 8.42 Å². The lowest BCUT2D eigenvalue weighted by molar-refractivity contribution is -0.138. The highest BCUT2D eigenvalue weighted by atomic mass is 32.2. The number of benzene rings is 2. The van der Waals surface area contributed by atoms with E-state index in [0.29, 0.717) is 17.2 Å². The molecule has 3 aromatic rings. The summed E-state index contributed by atoms with van der Waals surface area (Å²) in [5.41, 5.74) is 0.726. The number of likely N-dealkylation sites (N-methyl/N-ethyl adjacent to an activating group) is 1. The van der Waals surface area contributed by atoms with Crippen LogP contribution in [0.25, 0.3) is 11.1 Å². The number of aliphatic carboxylic acids is 1. The lowest BCUT2D eigenvalue weighted by atomic mass is 9.95. The second-order valence-electron chi connectivity index (χ2n) is 11.3. The number of aliphatic hydroxyl groups excluding tert-OH is 1. The average Bonchev–Trinajstić information content (AvgIpc) is 2.95. The van der Waals surface area contributed by atoms with E-state index >= 15 is 0 Å². The van der Waals surface area contributed by atoms with E-state index in [0.717, 1.165) is 35.2 Å². The van der Waals surface area contributed by atoms with Crippen LogP contribution in [0.1, 0.15) is 49.8 Å². The van der Waals surface area contributed by atoms with Crippen molar-refractivity contribution in [2.45, 2.75) is 68.7 Å². The van der Waals surface area contributed by atoms with Gasteiger partial charge in [-0.05, 0) is 86.1 Å². The number of aromatic nitrogens is 1. The lowest BCUT2D eigenvalue weighted by Crippen LogP contribution is -2.46. The standard InChI is InChI=1S/C31H38F3N3O5S/c1-30(2,14-4-6-23-7-5-15-35-19-23)36-20-27(38)21-37(3)43(41,42)28-17-25(16-26(18-28)31(32,33)34)24-11-8-22(9-12-24)10-13-29(39)40/h5,7-9,11-12,15-19,27,36,38H,4,6,10,13-14,20-21H2,1-3H3,(H,39,40). The van der Waals surface area contributed by atoms with Gasteiger partial charge in [0.15, 0.2) is 0 Å². The molecule has 0 fully saturated rings. The number of alkyl halides is 3. The molecule has 0 amide bonds. The normalized spacial score (nSPS) is 13.3. The molecule has 3 rings (SSSR count). The maximum atomic E-state index is 13.8. The predicted octanol–water partition coefficient (Wildman–Crippen LogP) is 5.16. The highest BCUT2D eigenvalue weighted by Crippen LogP contribution is 2.35. The molecule has 0 aliphatic heterocycles. The smallest absolute Gasteiger partial charge is 0.416 e. The minimum atomic E-state index is -4.80. The zero-order chi connectivity index (χ0) is 31.8. The summed E-state index contributed by atoms with van der Waals surface area (Å²) in [7, 11) is -3.18. The molecule has 0 spiro atoms. The summed E-state index contributed by atoms with van der Waals surface area (Å²) in [6.45, 7) is 3.71. The molecule has 0 saturated carbocycles. The zero-order valence-electron chi connectivity index (χ0n) is 24.4. The Morgan fingerprint density at radius 3 is 2.33 bits per heavy atom. The summed E-state index contributed by atoms with van der Waals surface area (Å²) < 4.78 is 69.0. The molecule has 0 bridgehead atoms. The van der Waals surface area contributed by atoms with Crippen molar-refractivity contribution in [3.63, 3.8) is 0 Å². The Morgan fingerprint density at radius 1 is 1.02 bits per heavy atom. The number of nitrogens with one attached hydrogen (secondary N) is 1. The lowest BCUT2D eigenvalue weighted by Gasteiger charge is -2.29. The molecule has 1 aromatic heterocycles. The van der Waals surface area contributed by atoms with Crippen LogP contribution in [0, 0.1) is 0 Å². The van der Waals surface area contributed by atoms with Gasteiger partial charge in [-0.15, -0.1) is 0 Å². The van der Waals surface area contributed by atoms with Crippen LogP contribution in [0.2, 0.25) is 0 Å². The Bertz CT molecular complexity index is 1460. The van der Waals surface area contributed by atoms with E-state index in [4.69, 9.17) is 5.11 Å². The number of hydrogen-bond donors (Lipinski definition) is 3. The van der Waals surface area contributed by atoms with Crippen molar-refractivity contribution < 1.29 is 36.6 Å². The third-order valence-electron chi connectivity index (χ3n) is 7.13. The first-order valence-electron chi connectivity index (χ1n) is 13.9. The summed E-state index contributed by atoms with van der Waals surface area (Å²) in [4.78, 5) is 14.4. The first-order chi connectivity index (χ1) is 20.1. The molecule has 0 aliphatic carbocycles. The number of β-amino-alcohol motifs (C(OH)–C–C–N with tert-alkyl or cyclic N) is 1. The molecule has 3 N–H and O–H groups in total. The molecule has 8 nitrogen and oxygen atoms in total. The third kappa shape index (κ3) is 10.4. The van der Waals surface area contributed by atoms with Gasteiger partial charge in [-0.3, -0.25) is 9.78 Å². The maximum absolute atomic E-state index is 13.8. The van der Waals surface area contributed by atoms with Gasteiger partial charge in [-0.2, -0.15) is 17.5 Å². The molecular formula is C31H38F3N3O5S. The van der Waals surface area contributed by atoms with Gasteiger partial charge in [0.2, 0.25) is 10.0 Å². The van der Waals surface area contributed by atoms with E-state index in [1.807, 2.05) is 32.2 Å². The number of carboxylic acids is 1. The molecule has 43 heavy (non-hydrogen) atoms. The number of nitrogens with zero attached hydrogens (tertiary/aromatic N) is 2. The summed E-state index contributed by atoms with van der Waals surface area (Å²) in [6, 6.07) is 12.8. The van der Waals surface area contributed by atoms with Crippen LogP contribution in [0.3, 0.4) is 0 Å². The molecular weight excluding hydrogens is 583 g/mol. The van der Waals surface area contributed by atoms with E-state index in [9.17, 15) is 31.5 Å². The van der Waals surface area contributed by atoms with Crippen LogP contribution in [-0.2, 0) is 33.8 Å². The number of sulfonamides is 1. The van der Waals surface area contributed by atoms with Crippen molar-refractivity contribution in [1.29, 1.82) is 0 Å². The van der Waals surface area contributed by atoms with Gasteiger partial charge in [-0.1, -0.05) is 30.3 Å². The van der Waals surface area contributed by atoms with Crippen molar-refractivity contribution in [2.24, 2.45) is 0 Å². The predicted molar refractivity (Wildman–Crippen MR) is 158 cm³/mol. The second kappa shape index (κ2) is 14.4. The van der Waals surface area contributed by atoms with Gasteiger partial charge in [0, 0.05) is 44.5 Å². The SMILES string of the molecule is CN(CC(O)CNC(C)(C)CCCc1cccnc1)S(=O)(=O)c1cc(-c2ccc(CCC(=O)O)cc2)cc(C(F)(F)F)c1. The fourth-order valence-electron chi connectivity index (χ4n) is 4.60. The summed E-state index contributed by atoms with van der Waals surface area (Å²) in [5, 5.41) is 22.7. The van der Waals surface area contributed by atoms with E-state index in [1.165, 1.54) is 25.2 Å². The van der Waals surface area contributed by atoms with Gasteiger partial charge in [0.05, 0.1) is 16.6 Å². The highest BCUT2D eigenvalue weighted by molar-refractivity contribution is 7.89. The van der Waals surface area contributed by atoms with Crippen LogP contribution >= 0.6 is 0 Å². The van der Waals surface area contributed by atoms with Gasteiger partial charge >= 0.3 is 12.1 Å². The number of aryl methyl sites for hydroxylation is 2.